The standard InChI is InChI=1S/C18H24N2O2S/c21-15(20-7-2-14-12(11-20)4-9-23-14)10-19-16-13-3-8-22-17(13)18(16)5-1-6-18/h4,9,13,16-17,19H,1-3,5-8,10-11H2/t13-,16-,17-/m1/s1. The number of nitrogens with zero attached hydrogens (tertiary/aromatic N) is 1. The molecule has 23 heavy (non-hydrogen) atoms. The number of amides is 1. The molecule has 4 aliphatic rings. The van der Waals surface area contributed by atoms with Gasteiger partial charge in [0, 0.05) is 41.9 Å². The summed E-state index contributed by atoms with van der Waals surface area (Å²) in [5.74, 6) is 0.909. The first-order chi connectivity index (χ1) is 11.3. The van der Waals surface area contributed by atoms with Crippen LogP contribution in [-0.2, 0) is 22.5 Å². The zero-order chi connectivity index (χ0) is 15.4. The van der Waals surface area contributed by atoms with E-state index in [4.69, 9.17) is 4.74 Å². The van der Waals surface area contributed by atoms with Crippen LogP contribution in [0.3, 0.4) is 0 Å². The van der Waals surface area contributed by atoms with Gasteiger partial charge in [0.05, 0.1) is 12.6 Å². The van der Waals surface area contributed by atoms with Crippen molar-refractivity contribution in [1.82, 2.24) is 10.2 Å². The summed E-state index contributed by atoms with van der Waals surface area (Å²) in [6.45, 7) is 3.08. The molecule has 0 unspecified atom stereocenters. The second kappa shape index (κ2) is 5.30. The molecule has 3 atom stereocenters. The fourth-order valence-electron chi connectivity index (χ4n) is 5.33. The Balaban J connectivity index is 1.21. The highest BCUT2D eigenvalue weighted by Crippen LogP contribution is 2.62. The summed E-state index contributed by atoms with van der Waals surface area (Å²) < 4.78 is 5.96. The number of thiophene rings is 1. The van der Waals surface area contributed by atoms with Crippen LogP contribution in [0.15, 0.2) is 11.4 Å². The first-order valence-corrected chi connectivity index (χ1v) is 9.84. The minimum Gasteiger partial charge on any atom is -0.377 e. The second-order valence-electron chi connectivity index (χ2n) is 7.62. The van der Waals surface area contributed by atoms with Gasteiger partial charge in [0.2, 0.25) is 5.91 Å². The molecule has 0 aromatic carbocycles. The molecule has 2 saturated carbocycles. The fourth-order valence-corrected chi connectivity index (χ4v) is 6.22. The molecule has 1 aromatic heterocycles. The summed E-state index contributed by atoms with van der Waals surface area (Å²) >= 11 is 1.82. The Hall–Kier alpha value is -0.910. The van der Waals surface area contributed by atoms with E-state index in [1.165, 1.54) is 36.1 Å². The third-order valence-corrected chi connectivity index (χ3v) is 7.69. The van der Waals surface area contributed by atoms with Crippen molar-refractivity contribution in [3.05, 3.63) is 21.9 Å². The molecule has 0 bridgehead atoms. The Labute approximate surface area is 141 Å². The predicted octanol–water partition coefficient (Wildman–Crippen LogP) is 2.18. The van der Waals surface area contributed by atoms with Crippen LogP contribution in [0.2, 0.25) is 0 Å². The smallest absolute Gasteiger partial charge is 0.236 e. The van der Waals surface area contributed by atoms with Gasteiger partial charge >= 0.3 is 0 Å². The lowest BCUT2D eigenvalue weighted by Gasteiger charge is -2.63. The van der Waals surface area contributed by atoms with E-state index in [0.717, 1.165) is 26.1 Å². The van der Waals surface area contributed by atoms with E-state index in [1.54, 1.807) is 0 Å². The quantitative estimate of drug-likeness (QED) is 0.922. The number of hydrogen-bond acceptors (Lipinski definition) is 4. The lowest BCUT2D eigenvalue weighted by molar-refractivity contribution is -0.177. The van der Waals surface area contributed by atoms with Crippen LogP contribution in [0.1, 0.15) is 36.1 Å². The number of carbonyl (C=O) groups excluding carboxylic acids is 1. The fraction of sp³-hybridized carbons (Fsp3) is 0.722. The summed E-state index contributed by atoms with van der Waals surface area (Å²) in [6, 6.07) is 2.68. The van der Waals surface area contributed by atoms with E-state index in [9.17, 15) is 4.79 Å². The van der Waals surface area contributed by atoms with Crippen molar-refractivity contribution in [2.24, 2.45) is 11.3 Å². The van der Waals surface area contributed by atoms with Crippen molar-refractivity contribution in [3.63, 3.8) is 0 Å². The van der Waals surface area contributed by atoms with Gasteiger partial charge in [-0.25, -0.2) is 0 Å². The van der Waals surface area contributed by atoms with Gasteiger partial charge in [0.25, 0.3) is 0 Å². The number of ether oxygens (including phenoxy) is 1. The summed E-state index contributed by atoms with van der Waals surface area (Å²) in [4.78, 5) is 16.1. The lowest BCUT2D eigenvalue weighted by Crippen LogP contribution is -2.71. The van der Waals surface area contributed by atoms with Crippen LogP contribution in [-0.4, -0.2) is 42.6 Å². The summed E-state index contributed by atoms with van der Waals surface area (Å²) in [5, 5.41) is 5.77. The van der Waals surface area contributed by atoms with Gasteiger partial charge in [-0.05, 0) is 42.7 Å². The number of fused-ring (bicyclic) bond motifs is 3. The molecule has 1 spiro atoms. The molecular formula is C18H24N2O2S. The third-order valence-electron chi connectivity index (χ3n) is 6.67. The largest absolute Gasteiger partial charge is 0.377 e. The van der Waals surface area contributed by atoms with Crippen molar-refractivity contribution in [3.8, 4) is 0 Å². The number of hydrogen-bond donors (Lipinski definition) is 1. The van der Waals surface area contributed by atoms with E-state index in [1.807, 2.05) is 16.2 Å². The van der Waals surface area contributed by atoms with Gasteiger partial charge in [-0.2, -0.15) is 0 Å². The average molecular weight is 332 g/mol. The summed E-state index contributed by atoms with van der Waals surface area (Å²) in [5.41, 5.74) is 1.71. The van der Waals surface area contributed by atoms with Gasteiger partial charge < -0.3 is 15.0 Å². The molecule has 5 heteroatoms. The molecule has 5 rings (SSSR count). The van der Waals surface area contributed by atoms with Crippen LogP contribution in [0, 0.1) is 11.3 Å². The van der Waals surface area contributed by atoms with Gasteiger partial charge in [-0.15, -0.1) is 11.3 Å². The maximum Gasteiger partial charge on any atom is 0.236 e. The second-order valence-corrected chi connectivity index (χ2v) is 8.62. The third kappa shape index (κ3) is 2.06. The van der Waals surface area contributed by atoms with Crippen molar-refractivity contribution in [2.75, 3.05) is 19.7 Å². The van der Waals surface area contributed by atoms with Crippen molar-refractivity contribution in [1.29, 1.82) is 0 Å². The zero-order valence-electron chi connectivity index (χ0n) is 13.4. The predicted molar refractivity (Wildman–Crippen MR) is 89.4 cm³/mol. The Kier molecular flexibility index (Phi) is 3.32. The molecule has 124 valence electrons. The number of nitrogens with one attached hydrogen (secondary N) is 1. The minimum atomic E-state index is 0.263. The highest BCUT2D eigenvalue weighted by Gasteiger charge is 2.66. The summed E-state index contributed by atoms with van der Waals surface area (Å²) in [6.07, 6.45) is 6.55. The average Bonchev–Trinajstić information content (AvgIpc) is 3.12. The number of carbonyl (C=O) groups is 1. The van der Waals surface area contributed by atoms with Gasteiger partial charge in [-0.3, -0.25) is 4.79 Å². The molecule has 4 nitrogen and oxygen atoms in total. The monoisotopic (exact) mass is 332 g/mol. The van der Waals surface area contributed by atoms with Gasteiger partial charge in [0.1, 0.15) is 0 Å². The topological polar surface area (TPSA) is 41.6 Å². The molecule has 2 aliphatic heterocycles. The van der Waals surface area contributed by atoms with Crippen molar-refractivity contribution in [2.45, 2.75) is 50.8 Å². The Morgan fingerprint density at radius 2 is 2.39 bits per heavy atom. The first-order valence-electron chi connectivity index (χ1n) is 8.96. The SMILES string of the molecule is O=C(CN[C@@H]1[C@H]2CCO[C@H]2C12CCC2)N1CCc2sccc2C1. The van der Waals surface area contributed by atoms with E-state index in [-0.39, 0.29) is 5.91 Å². The van der Waals surface area contributed by atoms with E-state index in [0.29, 0.717) is 30.0 Å². The van der Waals surface area contributed by atoms with Crippen LogP contribution < -0.4 is 5.32 Å². The normalized spacial score (nSPS) is 33.7. The molecule has 1 N–H and O–H groups in total. The lowest BCUT2D eigenvalue weighted by atomic mass is 9.46. The minimum absolute atomic E-state index is 0.263. The Morgan fingerprint density at radius 3 is 3.22 bits per heavy atom. The zero-order valence-corrected chi connectivity index (χ0v) is 14.2. The summed E-state index contributed by atoms with van der Waals surface area (Å²) in [7, 11) is 0. The molecule has 3 fully saturated rings. The highest BCUT2D eigenvalue weighted by molar-refractivity contribution is 7.10. The maximum absolute atomic E-state index is 12.6. The van der Waals surface area contributed by atoms with Crippen molar-refractivity contribution >= 4 is 17.2 Å². The molecule has 1 saturated heterocycles. The van der Waals surface area contributed by atoms with E-state index in [2.05, 4.69) is 16.8 Å². The van der Waals surface area contributed by atoms with Crippen LogP contribution in [0.25, 0.3) is 0 Å². The Bertz CT molecular complexity index is 624. The van der Waals surface area contributed by atoms with Crippen LogP contribution in [0.4, 0.5) is 0 Å². The Morgan fingerprint density at radius 1 is 1.48 bits per heavy atom. The van der Waals surface area contributed by atoms with E-state index >= 15 is 0 Å². The molecule has 2 aliphatic carbocycles. The molecular weight excluding hydrogens is 308 g/mol. The highest BCUT2D eigenvalue weighted by atomic mass is 32.1. The maximum atomic E-state index is 12.6. The molecule has 1 aromatic rings. The van der Waals surface area contributed by atoms with Crippen molar-refractivity contribution < 1.29 is 9.53 Å². The van der Waals surface area contributed by atoms with E-state index < -0.39 is 0 Å². The van der Waals surface area contributed by atoms with Crippen LogP contribution in [0.5, 0.6) is 0 Å². The first kappa shape index (κ1) is 14.4. The van der Waals surface area contributed by atoms with Crippen LogP contribution >= 0.6 is 11.3 Å². The molecule has 1 amide bonds. The molecule has 0 radical (unpaired) electrons. The molecule has 3 heterocycles. The van der Waals surface area contributed by atoms with Gasteiger partial charge in [-0.1, -0.05) is 6.42 Å². The number of rotatable bonds is 3. The van der Waals surface area contributed by atoms with Gasteiger partial charge in [0.15, 0.2) is 0 Å².